The maximum absolute atomic E-state index is 12.5. The molecule has 0 radical (unpaired) electrons. The van der Waals surface area contributed by atoms with E-state index in [1.54, 1.807) is 0 Å². The van der Waals surface area contributed by atoms with Crippen molar-refractivity contribution in [2.45, 2.75) is 33.9 Å². The molecule has 0 aliphatic heterocycles. The fourth-order valence-electron chi connectivity index (χ4n) is 2.18. The fourth-order valence-corrected chi connectivity index (χ4v) is 2.41. The molecule has 1 N–H and O–H groups in total. The monoisotopic (exact) mass is 308 g/mol. The van der Waals surface area contributed by atoms with E-state index in [-0.39, 0.29) is 5.02 Å². The number of aromatic nitrogens is 1. The van der Waals surface area contributed by atoms with Crippen LogP contribution in [0, 0.1) is 17.8 Å². The molecule has 0 aliphatic rings. The van der Waals surface area contributed by atoms with Gasteiger partial charge in [-0.25, -0.2) is 4.98 Å². The fraction of sp³-hybridized carbons (Fsp3) is 0.643. The molecule has 114 valence electrons. The number of hydrogen-bond acceptors (Lipinski definition) is 2. The Labute approximate surface area is 122 Å². The average molecular weight is 309 g/mol. The standard InChI is InChI=1S/C14H20ClF3N2/c1-8(2)11(9(3)4)7-20-13-12(15)5-10(6-19-13)14(16,17)18/h5-6,8-9,11H,7H2,1-4H3,(H,19,20). The van der Waals surface area contributed by atoms with Crippen molar-refractivity contribution in [3.63, 3.8) is 0 Å². The van der Waals surface area contributed by atoms with Crippen LogP contribution in [-0.4, -0.2) is 11.5 Å². The second-order valence-corrected chi connectivity index (χ2v) is 5.99. The molecule has 0 aromatic carbocycles. The third-order valence-electron chi connectivity index (χ3n) is 3.39. The first-order valence-electron chi connectivity index (χ1n) is 6.59. The van der Waals surface area contributed by atoms with Crippen molar-refractivity contribution in [3.8, 4) is 0 Å². The van der Waals surface area contributed by atoms with Gasteiger partial charge in [0.2, 0.25) is 0 Å². The Morgan fingerprint density at radius 1 is 1.20 bits per heavy atom. The van der Waals surface area contributed by atoms with Crippen LogP contribution in [0.5, 0.6) is 0 Å². The number of pyridine rings is 1. The van der Waals surface area contributed by atoms with Gasteiger partial charge in [0.1, 0.15) is 5.82 Å². The summed E-state index contributed by atoms with van der Waals surface area (Å²) >= 11 is 5.85. The molecule has 0 bridgehead atoms. The lowest BCUT2D eigenvalue weighted by Gasteiger charge is -2.25. The Morgan fingerprint density at radius 2 is 1.75 bits per heavy atom. The summed E-state index contributed by atoms with van der Waals surface area (Å²) < 4.78 is 37.5. The summed E-state index contributed by atoms with van der Waals surface area (Å²) in [5.41, 5.74) is -0.836. The van der Waals surface area contributed by atoms with Gasteiger partial charge in [-0.15, -0.1) is 0 Å². The molecule has 0 amide bonds. The summed E-state index contributed by atoms with van der Waals surface area (Å²) in [6.45, 7) is 9.11. The molecule has 0 aliphatic carbocycles. The van der Waals surface area contributed by atoms with Crippen LogP contribution >= 0.6 is 11.6 Å². The summed E-state index contributed by atoms with van der Waals surface area (Å²) in [6, 6.07) is 0.899. The summed E-state index contributed by atoms with van der Waals surface area (Å²) in [4.78, 5) is 3.77. The van der Waals surface area contributed by atoms with E-state index in [1.807, 2.05) is 0 Å². The van der Waals surface area contributed by atoms with Gasteiger partial charge in [0.15, 0.2) is 0 Å². The summed E-state index contributed by atoms with van der Waals surface area (Å²) in [6.07, 6.45) is -3.62. The lowest BCUT2D eigenvalue weighted by atomic mass is 9.85. The maximum Gasteiger partial charge on any atom is 0.417 e. The van der Waals surface area contributed by atoms with Crippen molar-refractivity contribution < 1.29 is 13.2 Å². The molecule has 0 fully saturated rings. The zero-order valence-corrected chi connectivity index (χ0v) is 12.8. The number of anilines is 1. The molecular weight excluding hydrogens is 289 g/mol. The predicted octanol–water partition coefficient (Wildman–Crippen LogP) is 5.09. The third kappa shape index (κ3) is 4.54. The van der Waals surface area contributed by atoms with Crippen LogP contribution in [0.25, 0.3) is 0 Å². The van der Waals surface area contributed by atoms with Gasteiger partial charge in [0.25, 0.3) is 0 Å². The van der Waals surface area contributed by atoms with Crippen LogP contribution in [0.4, 0.5) is 19.0 Å². The van der Waals surface area contributed by atoms with Gasteiger partial charge < -0.3 is 5.32 Å². The maximum atomic E-state index is 12.5. The van der Waals surface area contributed by atoms with E-state index in [9.17, 15) is 13.2 Å². The molecule has 1 aromatic heterocycles. The van der Waals surface area contributed by atoms with Crippen molar-refractivity contribution in [2.24, 2.45) is 17.8 Å². The molecule has 1 rings (SSSR count). The molecule has 1 heterocycles. The van der Waals surface area contributed by atoms with Gasteiger partial charge in [0, 0.05) is 12.7 Å². The van der Waals surface area contributed by atoms with Crippen molar-refractivity contribution in [3.05, 3.63) is 22.8 Å². The first-order chi connectivity index (χ1) is 9.12. The highest BCUT2D eigenvalue weighted by atomic mass is 35.5. The molecule has 0 unspecified atom stereocenters. The highest BCUT2D eigenvalue weighted by Crippen LogP contribution is 2.32. The molecule has 20 heavy (non-hydrogen) atoms. The number of nitrogens with one attached hydrogen (secondary N) is 1. The minimum absolute atomic E-state index is 0.00825. The lowest BCUT2D eigenvalue weighted by Crippen LogP contribution is -2.25. The van der Waals surface area contributed by atoms with E-state index in [0.29, 0.717) is 30.1 Å². The topological polar surface area (TPSA) is 24.9 Å². The second-order valence-electron chi connectivity index (χ2n) is 5.58. The molecule has 0 saturated carbocycles. The minimum Gasteiger partial charge on any atom is -0.369 e. The van der Waals surface area contributed by atoms with Gasteiger partial charge in [-0.3, -0.25) is 0 Å². The van der Waals surface area contributed by atoms with Crippen LogP contribution in [-0.2, 0) is 6.18 Å². The normalized spacial score (nSPS) is 12.6. The largest absolute Gasteiger partial charge is 0.417 e. The predicted molar refractivity (Wildman–Crippen MR) is 75.9 cm³/mol. The number of nitrogens with zero attached hydrogens (tertiary/aromatic N) is 1. The smallest absolute Gasteiger partial charge is 0.369 e. The van der Waals surface area contributed by atoms with Gasteiger partial charge in [-0.2, -0.15) is 13.2 Å². The first kappa shape index (κ1) is 17.1. The van der Waals surface area contributed by atoms with Crippen LogP contribution in [0.15, 0.2) is 12.3 Å². The Balaban J connectivity index is 2.79. The molecule has 6 heteroatoms. The van der Waals surface area contributed by atoms with Gasteiger partial charge in [-0.05, 0) is 23.8 Å². The zero-order valence-electron chi connectivity index (χ0n) is 12.1. The highest BCUT2D eigenvalue weighted by Gasteiger charge is 2.31. The molecular formula is C14H20ClF3N2. The SMILES string of the molecule is CC(C)C(CNc1ncc(C(F)(F)F)cc1Cl)C(C)C. The summed E-state index contributed by atoms with van der Waals surface area (Å²) in [5, 5.41) is 3.04. The Bertz CT molecular complexity index is 437. The van der Waals surface area contributed by atoms with E-state index in [0.717, 1.165) is 12.3 Å². The molecule has 2 nitrogen and oxygen atoms in total. The van der Waals surface area contributed by atoms with E-state index < -0.39 is 11.7 Å². The highest BCUT2D eigenvalue weighted by molar-refractivity contribution is 6.32. The van der Waals surface area contributed by atoms with Crippen molar-refractivity contribution in [1.82, 2.24) is 4.98 Å². The van der Waals surface area contributed by atoms with E-state index in [2.05, 4.69) is 38.0 Å². The second kappa shape index (κ2) is 6.66. The van der Waals surface area contributed by atoms with Gasteiger partial charge >= 0.3 is 6.18 Å². The van der Waals surface area contributed by atoms with Crippen LogP contribution in [0.3, 0.4) is 0 Å². The van der Waals surface area contributed by atoms with E-state index in [4.69, 9.17) is 11.6 Å². The van der Waals surface area contributed by atoms with Crippen LogP contribution in [0.2, 0.25) is 5.02 Å². The quantitative estimate of drug-likeness (QED) is 0.819. The third-order valence-corrected chi connectivity index (χ3v) is 3.67. The number of halogens is 4. The molecule has 0 spiro atoms. The zero-order chi connectivity index (χ0) is 15.5. The average Bonchev–Trinajstić information content (AvgIpc) is 2.28. The Morgan fingerprint density at radius 3 is 2.15 bits per heavy atom. The summed E-state index contributed by atoms with van der Waals surface area (Å²) in [5.74, 6) is 1.63. The molecule has 0 saturated heterocycles. The Kier molecular flexibility index (Phi) is 5.68. The minimum atomic E-state index is -4.42. The lowest BCUT2D eigenvalue weighted by molar-refractivity contribution is -0.137. The van der Waals surface area contributed by atoms with E-state index in [1.165, 1.54) is 0 Å². The number of hydrogen-bond donors (Lipinski definition) is 1. The number of alkyl halides is 3. The van der Waals surface area contributed by atoms with Gasteiger partial charge in [0.05, 0.1) is 10.6 Å². The van der Waals surface area contributed by atoms with Crippen LogP contribution < -0.4 is 5.32 Å². The first-order valence-corrected chi connectivity index (χ1v) is 6.97. The number of rotatable bonds is 5. The van der Waals surface area contributed by atoms with Gasteiger partial charge in [-0.1, -0.05) is 39.3 Å². The summed E-state index contributed by atoms with van der Waals surface area (Å²) in [7, 11) is 0. The van der Waals surface area contributed by atoms with Crippen molar-refractivity contribution >= 4 is 17.4 Å². The van der Waals surface area contributed by atoms with E-state index >= 15 is 0 Å². The van der Waals surface area contributed by atoms with Crippen molar-refractivity contribution in [1.29, 1.82) is 0 Å². The van der Waals surface area contributed by atoms with Crippen molar-refractivity contribution in [2.75, 3.05) is 11.9 Å². The van der Waals surface area contributed by atoms with Crippen LogP contribution in [0.1, 0.15) is 33.3 Å². The Hall–Kier alpha value is -0.970. The molecule has 1 aromatic rings. The molecule has 0 atom stereocenters.